The largest absolute Gasteiger partial charge is 0.510 e. The number of aromatic carboxylic acids is 1. The van der Waals surface area contributed by atoms with Gasteiger partial charge in [-0.25, -0.2) is 14.6 Å². The summed E-state index contributed by atoms with van der Waals surface area (Å²) in [7, 11) is 0. The molecule has 2 rings (SSSR count). The number of carboxylic acids is 1. The fourth-order valence-corrected chi connectivity index (χ4v) is 3.14. The minimum atomic E-state index is -1.20. The molecule has 0 fully saturated rings. The lowest BCUT2D eigenvalue weighted by atomic mass is 10.1. The molecule has 0 unspecified atom stereocenters. The van der Waals surface area contributed by atoms with Crippen molar-refractivity contribution in [1.82, 2.24) is 4.98 Å². The van der Waals surface area contributed by atoms with Crippen LogP contribution in [-0.4, -0.2) is 39.6 Å². The van der Waals surface area contributed by atoms with Gasteiger partial charge in [0.05, 0.1) is 17.9 Å². The number of allylic oxidation sites excluding steroid dienone is 1. The van der Waals surface area contributed by atoms with E-state index in [0.717, 1.165) is 16.9 Å². The number of aromatic nitrogens is 1. The summed E-state index contributed by atoms with van der Waals surface area (Å²) in [5.41, 5.74) is 0.623. The molecule has 0 atom stereocenters. The van der Waals surface area contributed by atoms with Crippen molar-refractivity contribution in [1.29, 1.82) is 0 Å². The molecule has 0 bridgehead atoms. The van der Waals surface area contributed by atoms with E-state index < -0.39 is 29.3 Å². The Labute approximate surface area is 175 Å². The summed E-state index contributed by atoms with van der Waals surface area (Å²) in [5, 5.41) is 29.2. The predicted molar refractivity (Wildman–Crippen MR) is 109 cm³/mol. The van der Waals surface area contributed by atoms with Crippen LogP contribution in [0.5, 0.6) is 0 Å². The first-order valence-electron chi connectivity index (χ1n) is 8.75. The normalized spacial score (nSPS) is 11.9. The van der Waals surface area contributed by atoms with Crippen LogP contribution in [0, 0.1) is 13.8 Å². The number of amides is 1. The highest BCUT2D eigenvalue weighted by atomic mass is 32.1. The van der Waals surface area contributed by atoms with Crippen molar-refractivity contribution in [3.8, 4) is 0 Å². The van der Waals surface area contributed by atoms with Crippen molar-refractivity contribution in [2.24, 2.45) is 10.2 Å². The van der Waals surface area contributed by atoms with Crippen LogP contribution >= 0.6 is 11.3 Å². The van der Waals surface area contributed by atoms with Gasteiger partial charge >= 0.3 is 11.9 Å². The number of aliphatic hydroxyl groups excluding tert-OH is 1. The van der Waals surface area contributed by atoms with Crippen molar-refractivity contribution in [3.05, 3.63) is 51.4 Å². The molecule has 1 aromatic carbocycles. The van der Waals surface area contributed by atoms with Crippen LogP contribution in [0.1, 0.15) is 45.1 Å². The van der Waals surface area contributed by atoms with Crippen molar-refractivity contribution in [2.75, 3.05) is 11.9 Å². The van der Waals surface area contributed by atoms with Crippen LogP contribution in [0.15, 0.2) is 39.9 Å². The molecule has 0 aliphatic rings. The van der Waals surface area contributed by atoms with Gasteiger partial charge in [-0.2, -0.15) is 0 Å². The second kappa shape index (κ2) is 9.74. The Morgan fingerprint density at radius 1 is 1.23 bits per heavy atom. The Balaban J connectivity index is 2.28. The second-order valence-corrected chi connectivity index (χ2v) is 7.07. The number of aryl methyl sites for hydroxylation is 2. The second-order valence-electron chi connectivity index (χ2n) is 6.07. The molecule has 0 aliphatic heterocycles. The number of thiazole rings is 1. The number of azo groups is 1. The van der Waals surface area contributed by atoms with E-state index in [9.17, 15) is 24.6 Å². The van der Waals surface area contributed by atoms with E-state index >= 15 is 0 Å². The molecule has 2 aromatic rings. The van der Waals surface area contributed by atoms with Crippen LogP contribution in [0.25, 0.3) is 0 Å². The highest BCUT2D eigenvalue weighted by Gasteiger charge is 2.20. The lowest BCUT2D eigenvalue weighted by Crippen LogP contribution is -2.14. The molecule has 158 valence electrons. The fraction of sp³-hybridized carbons (Fsp3) is 0.263. The number of anilines is 1. The first kappa shape index (κ1) is 22.7. The first-order chi connectivity index (χ1) is 14.1. The average molecular weight is 432 g/mol. The number of esters is 1. The molecule has 1 amide bonds. The molecule has 0 spiro atoms. The van der Waals surface area contributed by atoms with E-state index in [0.29, 0.717) is 5.69 Å². The van der Waals surface area contributed by atoms with Gasteiger partial charge in [0.1, 0.15) is 16.3 Å². The molecule has 1 aromatic heterocycles. The highest BCUT2D eigenvalue weighted by molar-refractivity contribution is 7.17. The summed E-state index contributed by atoms with van der Waals surface area (Å²) in [5.74, 6) is -3.01. The van der Waals surface area contributed by atoms with E-state index in [4.69, 9.17) is 4.74 Å². The molecule has 0 aliphatic carbocycles. The van der Waals surface area contributed by atoms with Crippen LogP contribution in [-0.2, 0) is 9.53 Å². The first-order valence-corrected chi connectivity index (χ1v) is 9.57. The summed E-state index contributed by atoms with van der Waals surface area (Å²) in [6.07, 6.45) is 0. The maximum absolute atomic E-state index is 12.5. The average Bonchev–Trinajstić information content (AvgIpc) is 3.01. The van der Waals surface area contributed by atoms with Crippen LogP contribution in [0.4, 0.5) is 10.8 Å². The molecular formula is C19H20N4O6S. The number of ether oxygens (including phenoxy) is 1. The van der Waals surface area contributed by atoms with Gasteiger partial charge in [0, 0.05) is 0 Å². The van der Waals surface area contributed by atoms with Crippen LogP contribution in [0.3, 0.4) is 0 Å². The number of rotatable bonds is 7. The number of aliphatic hydroxyl groups is 1. The van der Waals surface area contributed by atoms with Gasteiger partial charge in [0.15, 0.2) is 10.8 Å². The quantitative estimate of drug-likeness (QED) is 0.257. The predicted octanol–water partition coefficient (Wildman–Crippen LogP) is 4.15. The van der Waals surface area contributed by atoms with Crippen molar-refractivity contribution in [2.45, 2.75) is 27.7 Å². The fourth-order valence-electron chi connectivity index (χ4n) is 2.28. The highest BCUT2D eigenvalue weighted by Crippen LogP contribution is 2.25. The Kier molecular flexibility index (Phi) is 7.37. The Bertz CT molecular complexity index is 1050. The number of hydrogen-bond acceptors (Lipinski definition) is 9. The third-order valence-corrected chi connectivity index (χ3v) is 4.73. The maximum Gasteiger partial charge on any atom is 0.350 e. The third kappa shape index (κ3) is 5.47. The van der Waals surface area contributed by atoms with Crippen molar-refractivity contribution >= 4 is 40.0 Å². The number of benzene rings is 1. The maximum atomic E-state index is 12.5. The summed E-state index contributed by atoms with van der Waals surface area (Å²) in [6, 6.07) is 4.47. The van der Waals surface area contributed by atoms with Gasteiger partial charge in [-0.1, -0.05) is 17.4 Å². The SMILES string of the molecule is CCOC(=O)c1sc(NC(=O)/C(N=Nc2cc(C)ccc2C(=O)O)=C(/C)O)nc1C. The standard InChI is InChI=1S/C19H20N4O6S/c1-5-29-18(28)15-10(3)20-19(30-15)21-16(25)14(11(4)24)23-22-13-8-9(2)6-7-12(13)17(26)27/h6-8,24H,5H2,1-4H3,(H,26,27)(H,20,21,25)/b14-11+,23-22?. The molecule has 1 heterocycles. The Morgan fingerprint density at radius 3 is 2.53 bits per heavy atom. The van der Waals surface area contributed by atoms with Gasteiger partial charge in [-0.05, 0) is 45.4 Å². The number of nitrogens with one attached hydrogen (secondary N) is 1. The minimum absolute atomic E-state index is 0.0312. The summed E-state index contributed by atoms with van der Waals surface area (Å²) in [6.45, 7) is 6.45. The zero-order chi connectivity index (χ0) is 22.4. The number of nitrogens with zero attached hydrogens (tertiary/aromatic N) is 3. The Morgan fingerprint density at radius 2 is 1.93 bits per heavy atom. The molecule has 0 radical (unpaired) electrons. The van der Waals surface area contributed by atoms with E-state index in [2.05, 4.69) is 20.5 Å². The zero-order valence-electron chi connectivity index (χ0n) is 16.7. The summed E-state index contributed by atoms with van der Waals surface area (Å²) >= 11 is 0.916. The summed E-state index contributed by atoms with van der Waals surface area (Å²) in [4.78, 5) is 40.1. The van der Waals surface area contributed by atoms with Gasteiger partial charge in [-0.15, -0.1) is 10.2 Å². The van der Waals surface area contributed by atoms with Gasteiger partial charge in [0.2, 0.25) is 0 Å². The molecule has 11 heteroatoms. The number of carboxylic acid groups (broad SMARTS) is 1. The lowest BCUT2D eigenvalue weighted by molar-refractivity contribution is -0.113. The topological polar surface area (TPSA) is 151 Å². The molecule has 10 nitrogen and oxygen atoms in total. The van der Waals surface area contributed by atoms with E-state index in [-0.39, 0.29) is 27.9 Å². The molecule has 0 saturated heterocycles. The number of hydrogen-bond donors (Lipinski definition) is 3. The van der Waals surface area contributed by atoms with Gasteiger partial charge in [-0.3, -0.25) is 10.1 Å². The molecule has 3 N–H and O–H groups in total. The van der Waals surface area contributed by atoms with E-state index in [1.54, 1.807) is 26.8 Å². The molecule has 30 heavy (non-hydrogen) atoms. The zero-order valence-corrected chi connectivity index (χ0v) is 17.5. The van der Waals surface area contributed by atoms with Crippen LogP contribution < -0.4 is 5.32 Å². The number of carbonyl (C=O) groups excluding carboxylic acids is 2. The van der Waals surface area contributed by atoms with E-state index in [1.807, 2.05) is 0 Å². The molecule has 0 saturated carbocycles. The minimum Gasteiger partial charge on any atom is -0.510 e. The lowest BCUT2D eigenvalue weighted by Gasteiger charge is -2.04. The third-order valence-electron chi connectivity index (χ3n) is 3.68. The molecular weight excluding hydrogens is 412 g/mol. The number of carbonyl (C=O) groups is 3. The van der Waals surface area contributed by atoms with Gasteiger partial charge < -0.3 is 14.9 Å². The monoisotopic (exact) mass is 432 g/mol. The van der Waals surface area contributed by atoms with Crippen molar-refractivity contribution < 1.29 is 29.3 Å². The Hall–Kier alpha value is -3.60. The summed E-state index contributed by atoms with van der Waals surface area (Å²) < 4.78 is 4.93. The smallest absolute Gasteiger partial charge is 0.350 e. The van der Waals surface area contributed by atoms with Crippen LogP contribution in [0.2, 0.25) is 0 Å². The van der Waals surface area contributed by atoms with Gasteiger partial charge in [0.25, 0.3) is 5.91 Å². The van der Waals surface area contributed by atoms with Crippen molar-refractivity contribution in [3.63, 3.8) is 0 Å². The van der Waals surface area contributed by atoms with E-state index in [1.165, 1.54) is 19.1 Å².